The van der Waals surface area contributed by atoms with Crippen molar-refractivity contribution in [3.8, 4) is 12.3 Å². The fraction of sp³-hybridized carbons (Fsp3) is 0.800. The standard InChI is InChI=1S/C10H20N2O2S/c1-5-6-10(4)12-15(13,14)8-7-11-9(2)3/h1,9-12H,6-8H2,2-4H3. The number of hydrogen-bond acceptors (Lipinski definition) is 3. The topological polar surface area (TPSA) is 58.2 Å². The molecule has 2 N–H and O–H groups in total. The monoisotopic (exact) mass is 232 g/mol. The second kappa shape index (κ2) is 6.83. The smallest absolute Gasteiger partial charge is 0.213 e. The second-order valence-corrected chi connectivity index (χ2v) is 5.73. The third-order valence-corrected chi connectivity index (χ3v) is 3.23. The highest BCUT2D eigenvalue weighted by Gasteiger charge is 2.13. The van der Waals surface area contributed by atoms with E-state index in [0.717, 1.165) is 0 Å². The molecule has 0 saturated carbocycles. The van der Waals surface area contributed by atoms with Gasteiger partial charge in [0.25, 0.3) is 0 Å². The molecule has 15 heavy (non-hydrogen) atoms. The molecule has 0 aromatic heterocycles. The summed E-state index contributed by atoms with van der Waals surface area (Å²) in [5.41, 5.74) is 0. The molecule has 0 aromatic carbocycles. The van der Waals surface area contributed by atoms with Gasteiger partial charge in [0.2, 0.25) is 10.0 Å². The zero-order chi connectivity index (χ0) is 11.9. The normalized spacial score (nSPS) is 13.8. The molecule has 0 aliphatic rings. The van der Waals surface area contributed by atoms with Crippen molar-refractivity contribution in [1.82, 2.24) is 10.0 Å². The van der Waals surface area contributed by atoms with Crippen molar-refractivity contribution in [3.05, 3.63) is 0 Å². The minimum atomic E-state index is -3.21. The first-order valence-electron chi connectivity index (χ1n) is 5.04. The van der Waals surface area contributed by atoms with Gasteiger partial charge in [0, 0.05) is 25.0 Å². The van der Waals surface area contributed by atoms with E-state index in [1.165, 1.54) is 0 Å². The van der Waals surface area contributed by atoms with Crippen molar-refractivity contribution in [2.45, 2.75) is 39.3 Å². The Labute approximate surface area is 92.9 Å². The lowest BCUT2D eigenvalue weighted by atomic mass is 10.3. The first-order valence-corrected chi connectivity index (χ1v) is 6.69. The Bertz CT molecular complexity index is 304. The third kappa shape index (κ3) is 8.43. The fourth-order valence-corrected chi connectivity index (χ4v) is 2.27. The van der Waals surface area contributed by atoms with E-state index in [4.69, 9.17) is 6.42 Å². The van der Waals surface area contributed by atoms with E-state index < -0.39 is 10.0 Å². The molecule has 1 atom stereocenters. The predicted molar refractivity (Wildman–Crippen MR) is 63.0 cm³/mol. The summed E-state index contributed by atoms with van der Waals surface area (Å²) in [4.78, 5) is 0. The molecule has 5 heteroatoms. The SMILES string of the molecule is C#CCC(C)NS(=O)(=O)CCNC(C)C. The Morgan fingerprint density at radius 2 is 1.93 bits per heavy atom. The molecule has 0 aliphatic heterocycles. The molecular formula is C10H20N2O2S. The van der Waals surface area contributed by atoms with Gasteiger partial charge in [0.1, 0.15) is 0 Å². The van der Waals surface area contributed by atoms with Crippen LogP contribution in [0.4, 0.5) is 0 Å². The number of nitrogens with one attached hydrogen (secondary N) is 2. The number of sulfonamides is 1. The molecule has 0 aromatic rings. The molecule has 0 amide bonds. The van der Waals surface area contributed by atoms with Gasteiger partial charge in [-0.25, -0.2) is 13.1 Å². The van der Waals surface area contributed by atoms with E-state index in [2.05, 4.69) is 16.0 Å². The second-order valence-electron chi connectivity index (χ2n) is 3.85. The van der Waals surface area contributed by atoms with E-state index in [0.29, 0.717) is 19.0 Å². The maximum Gasteiger partial charge on any atom is 0.213 e. The molecule has 0 radical (unpaired) electrons. The zero-order valence-electron chi connectivity index (χ0n) is 9.58. The van der Waals surface area contributed by atoms with Gasteiger partial charge in [0.15, 0.2) is 0 Å². The van der Waals surface area contributed by atoms with E-state index in [-0.39, 0.29) is 11.8 Å². The highest BCUT2D eigenvalue weighted by molar-refractivity contribution is 7.89. The van der Waals surface area contributed by atoms with Crippen molar-refractivity contribution in [1.29, 1.82) is 0 Å². The lowest BCUT2D eigenvalue weighted by Gasteiger charge is -2.12. The fourth-order valence-electron chi connectivity index (χ4n) is 1.07. The number of terminal acetylenes is 1. The first kappa shape index (κ1) is 14.4. The molecule has 88 valence electrons. The minimum absolute atomic E-state index is 0.0834. The number of hydrogen-bond donors (Lipinski definition) is 2. The maximum absolute atomic E-state index is 11.5. The molecule has 0 rings (SSSR count). The van der Waals surface area contributed by atoms with Crippen molar-refractivity contribution in [2.24, 2.45) is 0 Å². The molecule has 0 saturated heterocycles. The average Bonchev–Trinajstić information content (AvgIpc) is 2.01. The first-order chi connectivity index (χ1) is 6.87. The summed E-state index contributed by atoms with van der Waals surface area (Å²) in [6.45, 7) is 6.16. The van der Waals surface area contributed by atoms with Crippen molar-refractivity contribution in [3.63, 3.8) is 0 Å². The molecular weight excluding hydrogens is 212 g/mol. The summed E-state index contributed by atoms with van der Waals surface area (Å²) in [6.07, 6.45) is 5.50. The van der Waals surface area contributed by atoms with Crippen LogP contribution in [0.3, 0.4) is 0 Å². The van der Waals surface area contributed by atoms with Gasteiger partial charge in [-0.15, -0.1) is 12.3 Å². The van der Waals surface area contributed by atoms with Crippen LogP contribution in [-0.2, 0) is 10.0 Å². The zero-order valence-corrected chi connectivity index (χ0v) is 10.4. The van der Waals surface area contributed by atoms with Crippen LogP contribution in [-0.4, -0.2) is 32.8 Å². The largest absolute Gasteiger partial charge is 0.313 e. The number of rotatable bonds is 7. The van der Waals surface area contributed by atoms with Gasteiger partial charge in [0.05, 0.1) is 5.75 Å². The van der Waals surface area contributed by atoms with Crippen LogP contribution in [0.2, 0.25) is 0 Å². The maximum atomic E-state index is 11.5. The molecule has 0 aliphatic carbocycles. The van der Waals surface area contributed by atoms with Crippen LogP contribution >= 0.6 is 0 Å². The van der Waals surface area contributed by atoms with Crippen LogP contribution in [0.5, 0.6) is 0 Å². The Kier molecular flexibility index (Phi) is 6.57. The van der Waals surface area contributed by atoms with Crippen LogP contribution in [0, 0.1) is 12.3 Å². The average molecular weight is 232 g/mol. The van der Waals surface area contributed by atoms with Crippen LogP contribution in [0.1, 0.15) is 27.2 Å². The van der Waals surface area contributed by atoms with Gasteiger partial charge < -0.3 is 5.32 Å². The molecule has 4 nitrogen and oxygen atoms in total. The van der Waals surface area contributed by atoms with Gasteiger partial charge >= 0.3 is 0 Å². The molecule has 0 spiro atoms. The molecule has 0 fully saturated rings. The van der Waals surface area contributed by atoms with Gasteiger partial charge in [-0.05, 0) is 6.92 Å². The molecule has 0 heterocycles. The van der Waals surface area contributed by atoms with Crippen LogP contribution in [0.25, 0.3) is 0 Å². The molecule has 1 unspecified atom stereocenters. The van der Waals surface area contributed by atoms with E-state index in [9.17, 15) is 8.42 Å². The lowest BCUT2D eigenvalue weighted by molar-refractivity contribution is 0.553. The Hall–Kier alpha value is -0.570. The third-order valence-electron chi connectivity index (χ3n) is 1.73. The van der Waals surface area contributed by atoms with Crippen LogP contribution in [0.15, 0.2) is 0 Å². The van der Waals surface area contributed by atoms with Gasteiger partial charge in [-0.2, -0.15) is 0 Å². The summed E-state index contributed by atoms with van der Waals surface area (Å²) in [6, 6.07) is 0.0994. The summed E-state index contributed by atoms with van der Waals surface area (Å²) in [7, 11) is -3.21. The van der Waals surface area contributed by atoms with Crippen molar-refractivity contribution < 1.29 is 8.42 Å². The van der Waals surface area contributed by atoms with Gasteiger partial charge in [-0.3, -0.25) is 0 Å². The quantitative estimate of drug-likeness (QED) is 0.621. The predicted octanol–water partition coefficient (Wildman–Crippen LogP) is 0.316. The summed E-state index contributed by atoms with van der Waals surface area (Å²) in [5.74, 6) is 2.51. The summed E-state index contributed by atoms with van der Waals surface area (Å²) < 4.78 is 25.5. The summed E-state index contributed by atoms with van der Waals surface area (Å²) in [5, 5.41) is 3.05. The highest BCUT2D eigenvalue weighted by Crippen LogP contribution is 1.93. The van der Waals surface area contributed by atoms with E-state index in [1.54, 1.807) is 6.92 Å². The minimum Gasteiger partial charge on any atom is -0.313 e. The highest BCUT2D eigenvalue weighted by atomic mass is 32.2. The Morgan fingerprint density at radius 3 is 2.40 bits per heavy atom. The Morgan fingerprint density at radius 1 is 1.33 bits per heavy atom. The Balaban J connectivity index is 3.93. The lowest BCUT2D eigenvalue weighted by Crippen LogP contribution is -2.38. The van der Waals surface area contributed by atoms with E-state index >= 15 is 0 Å². The van der Waals surface area contributed by atoms with E-state index in [1.807, 2.05) is 13.8 Å². The molecule has 0 bridgehead atoms. The van der Waals surface area contributed by atoms with Crippen LogP contribution < -0.4 is 10.0 Å². The van der Waals surface area contributed by atoms with Crippen molar-refractivity contribution >= 4 is 10.0 Å². The summed E-state index contributed by atoms with van der Waals surface area (Å²) >= 11 is 0. The van der Waals surface area contributed by atoms with Gasteiger partial charge in [-0.1, -0.05) is 13.8 Å². The van der Waals surface area contributed by atoms with Crippen molar-refractivity contribution in [2.75, 3.05) is 12.3 Å².